The second kappa shape index (κ2) is 6.62. The van der Waals surface area contributed by atoms with E-state index in [1.165, 1.54) is 5.56 Å². The van der Waals surface area contributed by atoms with Crippen molar-refractivity contribution >= 4 is 24.1 Å². The monoisotopic (exact) mass is 327 g/mol. The molecule has 0 aromatic heterocycles. The summed E-state index contributed by atoms with van der Waals surface area (Å²) in [5, 5.41) is 15.0. The molecule has 5 nitrogen and oxygen atoms in total. The highest BCUT2D eigenvalue weighted by atomic mass is 35.5. The molecular weight excluding hydrogens is 310 g/mol. The van der Waals surface area contributed by atoms with Crippen LogP contribution in [0, 0.1) is 19.3 Å². The molecule has 0 unspecified atom stereocenters. The molecule has 4 N–H and O–H groups in total. The first kappa shape index (κ1) is 16.7. The molecule has 2 aliphatic rings. The summed E-state index contributed by atoms with van der Waals surface area (Å²) >= 11 is 0. The number of nitrogens with two attached hydrogens (primary N) is 1. The summed E-state index contributed by atoms with van der Waals surface area (Å²) in [6.45, 7) is 4.12. The number of rotatable bonds is 2. The zero-order valence-corrected chi connectivity index (χ0v) is 13.7. The van der Waals surface area contributed by atoms with Crippen molar-refractivity contribution < 1.29 is 0 Å². The minimum absolute atomic E-state index is 0. The first-order valence-electron chi connectivity index (χ1n) is 7.00. The average molecular weight is 328 g/mol. The number of hydrogen-bond donors (Lipinski definition) is 3. The van der Waals surface area contributed by atoms with Crippen molar-refractivity contribution in [1.29, 1.82) is 5.41 Å². The van der Waals surface area contributed by atoms with Crippen LogP contribution in [0.4, 0.5) is 5.69 Å². The molecule has 0 bridgehead atoms. The van der Waals surface area contributed by atoms with Crippen LogP contribution in [-0.4, -0.2) is 10.9 Å². The van der Waals surface area contributed by atoms with Gasteiger partial charge in [0.1, 0.15) is 0 Å². The number of benzene rings is 1. The van der Waals surface area contributed by atoms with Crippen molar-refractivity contribution in [3.8, 4) is 22.4 Å². The van der Waals surface area contributed by atoms with Gasteiger partial charge in [0.15, 0.2) is 0 Å². The molecule has 0 atom stereocenters. The number of aromatic nitrogens is 1. The van der Waals surface area contributed by atoms with Gasteiger partial charge in [0.2, 0.25) is 5.96 Å². The van der Waals surface area contributed by atoms with Crippen molar-refractivity contribution in [2.45, 2.75) is 13.8 Å². The van der Waals surface area contributed by atoms with Crippen LogP contribution in [0.1, 0.15) is 11.1 Å². The number of aromatic amines is 1. The molecular formula is C17H18ClN5. The molecule has 23 heavy (non-hydrogen) atoms. The maximum absolute atomic E-state index is 7.22. The fraction of sp³-hybridized carbons (Fsp3) is 0.118. The van der Waals surface area contributed by atoms with E-state index in [-0.39, 0.29) is 18.4 Å². The van der Waals surface area contributed by atoms with Gasteiger partial charge in [-0.15, -0.1) is 22.6 Å². The maximum Gasteiger partial charge on any atom is 0.232 e. The molecule has 0 amide bonds. The Balaban J connectivity index is 0.00000192. The summed E-state index contributed by atoms with van der Waals surface area (Å²) in [6, 6.07) is 12.2. The van der Waals surface area contributed by atoms with Crippen molar-refractivity contribution in [2.24, 2.45) is 16.0 Å². The van der Waals surface area contributed by atoms with E-state index in [1.54, 1.807) is 0 Å². The molecule has 1 aliphatic carbocycles. The molecule has 0 radical (unpaired) electrons. The van der Waals surface area contributed by atoms with Gasteiger partial charge in [-0.05, 0) is 42.7 Å². The summed E-state index contributed by atoms with van der Waals surface area (Å²) in [7, 11) is 0. The Hall–Kier alpha value is -2.66. The summed E-state index contributed by atoms with van der Waals surface area (Å²) in [6.07, 6.45) is 1.92. The molecule has 1 aromatic rings. The molecule has 1 aromatic carbocycles. The molecule has 0 spiro atoms. The highest BCUT2D eigenvalue weighted by molar-refractivity contribution is 5.94. The molecule has 6 heteroatoms. The van der Waals surface area contributed by atoms with Crippen LogP contribution in [0.25, 0.3) is 22.4 Å². The van der Waals surface area contributed by atoms with E-state index >= 15 is 0 Å². The standard InChI is InChI=1S/C17H17N5.ClH/c1-10-5-3-4-6-12(10)13-9-14(21-22-17(18)19)15-11(2)7-8-20-16(13)15;/h3-9,20H,1-2H3,(H3,18,19);1H. The van der Waals surface area contributed by atoms with Crippen molar-refractivity contribution in [1.82, 2.24) is 4.98 Å². The minimum atomic E-state index is -0.302. The predicted molar refractivity (Wildman–Crippen MR) is 96.0 cm³/mol. The van der Waals surface area contributed by atoms with E-state index in [2.05, 4.69) is 34.3 Å². The smallest absolute Gasteiger partial charge is 0.232 e. The Bertz CT molecular complexity index is 850. The third-order valence-corrected chi connectivity index (χ3v) is 3.71. The zero-order valence-electron chi connectivity index (χ0n) is 12.9. The van der Waals surface area contributed by atoms with Crippen molar-refractivity contribution in [2.75, 3.05) is 0 Å². The number of aryl methyl sites for hydroxylation is 2. The number of fused-ring (bicyclic) bond motifs is 1. The summed E-state index contributed by atoms with van der Waals surface area (Å²) in [4.78, 5) is 3.31. The summed E-state index contributed by atoms with van der Waals surface area (Å²) < 4.78 is 0. The highest BCUT2D eigenvalue weighted by Gasteiger charge is 2.20. The van der Waals surface area contributed by atoms with E-state index in [4.69, 9.17) is 11.1 Å². The molecule has 0 saturated heterocycles. The van der Waals surface area contributed by atoms with Gasteiger partial charge >= 0.3 is 0 Å². The Morgan fingerprint density at radius 2 is 1.83 bits per heavy atom. The first-order valence-corrected chi connectivity index (χ1v) is 7.00. The van der Waals surface area contributed by atoms with Crippen LogP contribution in [0.15, 0.2) is 52.8 Å². The Morgan fingerprint density at radius 1 is 1.09 bits per heavy atom. The van der Waals surface area contributed by atoms with E-state index in [9.17, 15) is 0 Å². The number of nitrogens with zero attached hydrogens (tertiary/aromatic N) is 2. The zero-order chi connectivity index (χ0) is 15.7. The van der Waals surface area contributed by atoms with Gasteiger partial charge in [-0.2, -0.15) is 0 Å². The first-order chi connectivity index (χ1) is 10.6. The molecule has 0 fully saturated rings. The van der Waals surface area contributed by atoms with Crippen LogP contribution < -0.4 is 5.73 Å². The van der Waals surface area contributed by atoms with Crippen LogP contribution in [0.3, 0.4) is 0 Å². The van der Waals surface area contributed by atoms with Gasteiger partial charge in [-0.3, -0.25) is 5.41 Å². The van der Waals surface area contributed by atoms with E-state index < -0.39 is 0 Å². The van der Waals surface area contributed by atoms with Crippen LogP contribution in [0.5, 0.6) is 0 Å². The lowest BCUT2D eigenvalue weighted by atomic mass is 9.99. The molecule has 1 aliphatic heterocycles. The Morgan fingerprint density at radius 3 is 2.52 bits per heavy atom. The number of H-pyrrole nitrogens is 1. The van der Waals surface area contributed by atoms with Crippen molar-refractivity contribution in [3.63, 3.8) is 0 Å². The Labute approximate surface area is 140 Å². The molecule has 1 heterocycles. The quantitative estimate of drug-likeness (QED) is 0.352. The SMILES string of the molecule is Cc1ccccc1-c1cc(N=NC(=N)N)c2c(C)cc[nH]c1-2.Cl. The van der Waals surface area contributed by atoms with Crippen LogP contribution in [0.2, 0.25) is 0 Å². The summed E-state index contributed by atoms with van der Waals surface area (Å²) in [5.41, 5.74) is 12.6. The van der Waals surface area contributed by atoms with Gasteiger partial charge in [0.25, 0.3) is 0 Å². The summed E-state index contributed by atoms with van der Waals surface area (Å²) in [5.74, 6) is -0.302. The maximum atomic E-state index is 7.22. The Kier molecular flexibility index (Phi) is 4.81. The fourth-order valence-electron chi connectivity index (χ4n) is 2.70. The lowest BCUT2D eigenvalue weighted by molar-refractivity contribution is 1.21. The number of pyridine rings is 1. The van der Waals surface area contributed by atoms with Crippen LogP contribution >= 0.6 is 12.4 Å². The van der Waals surface area contributed by atoms with Crippen LogP contribution in [-0.2, 0) is 0 Å². The van der Waals surface area contributed by atoms with Crippen molar-refractivity contribution in [3.05, 3.63) is 53.7 Å². The fourth-order valence-corrected chi connectivity index (χ4v) is 2.70. The number of guanidine groups is 1. The third-order valence-electron chi connectivity index (χ3n) is 3.71. The topological polar surface area (TPSA) is 90.4 Å². The molecule has 118 valence electrons. The van der Waals surface area contributed by atoms with Gasteiger partial charge in [-0.25, -0.2) is 0 Å². The van der Waals surface area contributed by atoms with Gasteiger partial charge in [-0.1, -0.05) is 24.3 Å². The lowest BCUT2D eigenvalue weighted by Gasteiger charge is -2.09. The highest BCUT2D eigenvalue weighted by Crippen LogP contribution is 2.44. The third kappa shape index (κ3) is 3.10. The second-order valence-electron chi connectivity index (χ2n) is 5.25. The lowest BCUT2D eigenvalue weighted by Crippen LogP contribution is -2.03. The largest absolute Gasteiger partial charge is 0.367 e. The second-order valence-corrected chi connectivity index (χ2v) is 5.25. The van der Waals surface area contributed by atoms with E-state index in [1.807, 2.05) is 37.4 Å². The predicted octanol–water partition coefficient (Wildman–Crippen LogP) is 4.80. The van der Waals surface area contributed by atoms with E-state index in [0.29, 0.717) is 0 Å². The van der Waals surface area contributed by atoms with E-state index in [0.717, 1.165) is 33.6 Å². The number of hydrogen-bond acceptors (Lipinski definition) is 2. The number of halogens is 1. The van der Waals surface area contributed by atoms with Gasteiger partial charge in [0, 0.05) is 17.3 Å². The molecule has 0 saturated carbocycles. The number of azo groups is 1. The minimum Gasteiger partial charge on any atom is -0.367 e. The number of nitrogens with one attached hydrogen (secondary N) is 2. The van der Waals surface area contributed by atoms with Gasteiger partial charge < -0.3 is 10.7 Å². The molecule has 3 rings (SSSR count). The van der Waals surface area contributed by atoms with Gasteiger partial charge in [0.05, 0.1) is 11.4 Å². The average Bonchev–Trinajstić information content (AvgIpc) is 2.86. The normalized spacial score (nSPS) is 10.9.